The van der Waals surface area contributed by atoms with Crippen LogP contribution in [-0.2, 0) is 19.6 Å². The highest BCUT2D eigenvalue weighted by molar-refractivity contribution is 5.77. The monoisotopic (exact) mass is 402 g/mol. The zero-order valence-corrected chi connectivity index (χ0v) is 17.8. The summed E-state index contributed by atoms with van der Waals surface area (Å²) in [6, 6.07) is 15.8. The largest absolute Gasteiger partial charge is 0.332 e. The van der Waals surface area contributed by atoms with Crippen LogP contribution in [0.4, 0.5) is 0 Å². The molecule has 154 valence electrons. The number of rotatable bonds is 5. The lowest BCUT2D eigenvalue weighted by molar-refractivity contribution is 0.622. The number of hydrogen-bond donors (Lipinski definition) is 0. The number of aryl methyl sites for hydroxylation is 4. The molecule has 2 heterocycles. The summed E-state index contributed by atoms with van der Waals surface area (Å²) in [5.74, 6) is 0. The molecule has 0 radical (unpaired) electrons. The van der Waals surface area contributed by atoms with Gasteiger partial charge in [-0.05, 0) is 44.4 Å². The summed E-state index contributed by atoms with van der Waals surface area (Å²) >= 11 is 0. The quantitative estimate of drug-likeness (QED) is 0.514. The van der Waals surface area contributed by atoms with Crippen molar-refractivity contribution < 1.29 is 0 Å². The van der Waals surface area contributed by atoms with Gasteiger partial charge in [0.25, 0.3) is 5.56 Å². The second kappa shape index (κ2) is 7.78. The van der Waals surface area contributed by atoms with E-state index in [1.165, 1.54) is 4.57 Å². The molecule has 30 heavy (non-hydrogen) atoms. The Balaban J connectivity index is 2.00. The van der Waals surface area contributed by atoms with Crippen molar-refractivity contribution in [1.29, 1.82) is 0 Å². The fourth-order valence-corrected chi connectivity index (χ4v) is 3.98. The molecule has 0 spiro atoms. The SMILES string of the molecule is CCn1nc(C)c2c1c(=O)n(Cc1ccccc1)c(=O)n2Cc1cc(C)ccc1C. The van der Waals surface area contributed by atoms with Gasteiger partial charge in [-0.1, -0.05) is 54.1 Å². The van der Waals surface area contributed by atoms with E-state index >= 15 is 0 Å². The first-order valence-corrected chi connectivity index (χ1v) is 10.2. The lowest BCUT2D eigenvalue weighted by Gasteiger charge is -2.15. The summed E-state index contributed by atoms with van der Waals surface area (Å²) in [6.45, 7) is 9.08. The van der Waals surface area contributed by atoms with Gasteiger partial charge in [-0.25, -0.2) is 4.79 Å². The number of hydrogen-bond acceptors (Lipinski definition) is 3. The van der Waals surface area contributed by atoms with Crippen LogP contribution in [0.25, 0.3) is 11.0 Å². The van der Waals surface area contributed by atoms with Crippen molar-refractivity contribution in [2.45, 2.75) is 47.3 Å². The van der Waals surface area contributed by atoms with Crippen molar-refractivity contribution >= 4 is 11.0 Å². The molecule has 4 rings (SSSR count). The summed E-state index contributed by atoms with van der Waals surface area (Å²) < 4.78 is 4.74. The molecule has 0 saturated carbocycles. The van der Waals surface area contributed by atoms with Gasteiger partial charge in [-0.3, -0.25) is 18.6 Å². The number of fused-ring (bicyclic) bond motifs is 1. The minimum Gasteiger partial charge on any atom is -0.285 e. The third-order valence-corrected chi connectivity index (χ3v) is 5.59. The lowest BCUT2D eigenvalue weighted by Crippen LogP contribution is -2.41. The fourth-order valence-electron chi connectivity index (χ4n) is 3.98. The maximum absolute atomic E-state index is 13.5. The first kappa shape index (κ1) is 19.9. The molecule has 4 aromatic rings. The molecule has 0 aliphatic heterocycles. The van der Waals surface area contributed by atoms with E-state index in [1.54, 1.807) is 9.25 Å². The van der Waals surface area contributed by atoms with Gasteiger partial charge < -0.3 is 0 Å². The van der Waals surface area contributed by atoms with Crippen LogP contribution in [-0.4, -0.2) is 18.9 Å². The fraction of sp³-hybridized carbons (Fsp3) is 0.292. The van der Waals surface area contributed by atoms with Crippen LogP contribution in [0.15, 0.2) is 58.1 Å². The molecule has 0 bridgehead atoms. The van der Waals surface area contributed by atoms with Crippen molar-refractivity contribution in [3.63, 3.8) is 0 Å². The predicted octanol–water partition coefficient (Wildman–Crippen LogP) is 3.40. The minimum absolute atomic E-state index is 0.231. The van der Waals surface area contributed by atoms with E-state index in [0.717, 1.165) is 22.3 Å². The van der Waals surface area contributed by atoms with Crippen LogP contribution in [0, 0.1) is 20.8 Å². The molecule has 0 saturated heterocycles. The molecule has 0 amide bonds. The van der Waals surface area contributed by atoms with E-state index in [4.69, 9.17) is 0 Å². The topological polar surface area (TPSA) is 61.8 Å². The molecule has 2 aromatic carbocycles. The molecule has 0 unspecified atom stereocenters. The van der Waals surface area contributed by atoms with Gasteiger partial charge >= 0.3 is 5.69 Å². The summed E-state index contributed by atoms with van der Waals surface area (Å²) in [4.78, 5) is 26.9. The Morgan fingerprint density at radius 2 is 1.60 bits per heavy atom. The average Bonchev–Trinajstić information content (AvgIpc) is 3.08. The summed E-state index contributed by atoms with van der Waals surface area (Å²) in [7, 11) is 0. The Hall–Kier alpha value is -3.41. The maximum atomic E-state index is 13.5. The van der Waals surface area contributed by atoms with Gasteiger partial charge in [-0.15, -0.1) is 0 Å². The number of benzene rings is 2. The smallest absolute Gasteiger partial charge is 0.285 e. The lowest BCUT2D eigenvalue weighted by atomic mass is 10.1. The van der Waals surface area contributed by atoms with Crippen LogP contribution in [0.1, 0.15) is 34.9 Å². The third-order valence-electron chi connectivity index (χ3n) is 5.59. The molecule has 0 atom stereocenters. The summed E-state index contributed by atoms with van der Waals surface area (Å²) in [6.07, 6.45) is 0. The zero-order valence-electron chi connectivity index (χ0n) is 17.8. The second-order valence-electron chi connectivity index (χ2n) is 7.77. The van der Waals surface area contributed by atoms with Gasteiger partial charge in [0.05, 0.1) is 24.3 Å². The van der Waals surface area contributed by atoms with E-state index in [2.05, 4.69) is 23.3 Å². The number of nitrogens with zero attached hydrogens (tertiary/aromatic N) is 4. The van der Waals surface area contributed by atoms with Crippen molar-refractivity contribution in [2.75, 3.05) is 0 Å². The molecular formula is C24H26N4O2. The minimum atomic E-state index is -0.309. The van der Waals surface area contributed by atoms with Crippen LogP contribution in [0.3, 0.4) is 0 Å². The first-order valence-electron chi connectivity index (χ1n) is 10.2. The van der Waals surface area contributed by atoms with Gasteiger partial charge in [0.15, 0.2) is 5.52 Å². The molecule has 0 aliphatic carbocycles. The summed E-state index contributed by atoms with van der Waals surface area (Å²) in [5.41, 5.74) is 5.42. The van der Waals surface area contributed by atoms with E-state index < -0.39 is 0 Å². The molecule has 0 N–H and O–H groups in total. The van der Waals surface area contributed by atoms with Crippen LogP contribution in [0.5, 0.6) is 0 Å². The zero-order chi connectivity index (χ0) is 21.4. The van der Waals surface area contributed by atoms with E-state index in [1.807, 2.05) is 58.0 Å². The van der Waals surface area contributed by atoms with Gasteiger partial charge in [0.2, 0.25) is 0 Å². The highest BCUT2D eigenvalue weighted by Crippen LogP contribution is 2.18. The molecule has 6 nitrogen and oxygen atoms in total. The van der Waals surface area contributed by atoms with E-state index in [-0.39, 0.29) is 17.8 Å². The van der Waals surface area contributed by atoms with Gasteiger partial charge in [0, 0.05) is 6.54 Å². The third kappa shape index (κ3) is 3.38. The molecule has 0 aliphatic rings. The molecule has 0 fully saturated rings. The van der Waals surface area contributed by atoms with Crippen LogP contribution < -0.4 is 11.2 Å². The van der Waals surface area contributed by atoms with Crippen molar-refractivity contribution in [1.82, 2.24) is 18.9 Å². The van der Waals surface area contributed by atoms with Crippen molar-refractivity contribution in [2.24, 2.45) is 0 Å². The van der Waals surface area contributed by atoms with Crippen LogP contribution >= 0.6 is 0 Å². The Labute approximate surface area is 175 Å². The average molecular weight is 402 g/mol. The predicted molar refractivity (Wildman–Crippen MR) is 119 cm³/mol. The van der Waals surface area contributed by atoms with Gasteiger partial charge in [-0.2, -0.15) is 5.10 Å². The highest BCUT2D eigenvalue weighted by atomic mass is 16.2. The van der Waals surface area contributed by atoms with E-state index in [9.17, 15) is 9.59 Å². The number of aromatic nitrogens is 4. The molecule has 2 aromatic heterocycles. The van der Waals surface area contributed by atoms with E-state index in [0.29, 0.717) is 29.8 Å². The highest BCUT2D eigenvalue weighted by Gasteiger charge is 2.20. The Bertz CT molecular complexity index is 1340. The summed E-state index contributed by atoms with van der Waals surface area (Å²) in [5, 5.41) is 4.54. The maximum Gasteiger partial charge on any atom is 0.332 e. The van der Waals surface area contributed by atoms with Crippen LogP contribution in [0.2, 0.25) is 0 Å². The van der Waals surface area contributed by atoms with Gasteiger partial charge in [0.1, 0.15) is 0 Å². The van der Waals surface area contributed by atoms with Crippen molar-refractivity contribution in [3.8, 4) is 0 Å². The molecular weight excluding hydrogens is 376 g/mol. The normalized spacial score (nSPS) is 11.3. The Morgan fingerprint density at radius 3 is 2.30 bits per heavy atom. The first-order chi connectivity index (χ1) is 14.4. The second-order valence-corrected chi connectivity index (χ2v) is 7.77. The Kier molecular flexibility index (Phi) is 5.16. The van der Waals surface area contributed by atoms with Crippen molar-refractivity contribution in [3.05, 3.63) is 97.3 Å². The standard InChI is InChI=1S/C24H26N4O2/c1-5-28-22-21(18(4)25-28)26(15-20-13-16(2)11-12-17(20)3)24(30)27(23(22)29)14-19-9-7-6-8-10-19/h6-13H,5,14-15H2,1-4H3. The molecule has 6 heteroatoms. The Morgan fingerprint density at radius 1 is 0.867 bits per heavy atom.